The molecule has 134 valence electrons. The van der Waals surface area contributed by atoms with Gasteiger partial charge in [-0.3, -0.25) is 4.79 Å². The number of carboxylic acids is 1. The molecule has 0 aliphatic carbocycles. The number of sulfonamides is 1. The fourth-order valence-electron chi connectivity index (χ4n) is 2.62. The Morgan fingerprint density at radius 2 is 2.04 bits per heavy atom. The van der Waals surface area contributed by atoms with E-state index < -0.39 is 27.9 Å². The van der Waals surface area contributed by atoms with Crippen LogP contribution in [0.2, 0.25) is 0 Å². The quantitative estimate of drug-likeness (QED) is 0.723. The smallest absolute Gasteiger partial charge is 0.326 e. The summed E-state index contributed by atoms with van der Waals surface area (Å²) < 4.78 is 26.7. The van der Waals surface area contributed by atoms with Crippen molar-refractivity contribution in [1.29, 1.82) is 0 Å². The van der Waals surface area contributed by atoms with Gasteiger partial charge in [0.05, 0.1) is 0 Å². The fraction of sp³-hybridized carbons (Fsp3) is 0.600. The van der Waals surface area contributed by atoms with Crippen molar-refractivity contribution < 1.29 is 23.1 Å². The molecule has 1 saturated heterocycles. The number of carbonyl (C=O) groups excluding carboxylic acids is 1. The van der Waals surface area contributed by atoms with E-state index in [1.165, 1.54) is 10.4 Å². The third-order valence-electron chi connectivity index (χ3n) is 3.97. The van der Waals surface area contributed by atoms with Crippen molar-refractivity contribution in [2.24, 2.45) is 0 Å². The lowest BCUT2D eigenvalue weighted by Crippen LogP contribution is -2.41. The molecule has 1 atom stereocenters. The maximum absolute atomic E-state index is 12.6. The second-order valence-corrected chi connectivity index (χ2v) is 8.55. The number of rotatable bonds is 8. The van der Waals surface area contributed by atoms with Crippen LogP contribution in [0.4, 0.5) is 0 Å². The molecule has 1 aromatic rings. The third-order valence-corrected chi connectivity index (χ3v) is 6.95. The van der Waals surface area contributed by atoms with Crippen molar-refractivity contribution in [3.05, 3.63) is 16.3 Å². The number of nitrogens with zero attached hydrogens (tertiary/aromatic N) is 1. The molecule has 0 spiro atoms. The van der Waals surface area contributed by atoms with Crippen molar-refractivity contribution in [2.75, 3.05) is 13.1 Å². The lowest BCUT2D eigenvalue weighted by Gasteiger charge is -2.17. The second-order valence-electron chi connectivity index (χ2n) is 5.73. The summed E-state index contributed by atoms with van der Waals surface area (Å²) in [5.41, 5.74) is 0. The predicted octanol–water partition coefficient (Wildman–Crippen LogP) is 1.91. The van der Waals surface area contributed by atoms with Crippen molar-refractivity contribution in [3.63, 3.8) is 0 Å². The molecule has 1 aromatic heterocycles. The molecule has 24 heavy (non-hydrogen) atoms. The minimum absolute atomic E-state index is 0.0356. The molecule has 1 unspecified atom stereocenters. The minimum atomic E-state index is -3.71. The molecule has 1 amide bonds. The van der Waals surface area contributed by atoms with Gasteiger partial charge in [-0.2, -0.15) is 4.31 Å². The zero-order valence-electron chi connectivity index (χ0n) is 13.5. The number of unbranched alkanes of at least 4 members (excludes halogenated alkanes) is 1. The SMILES string of the molecule is CCCCC(NC(=O)c1sccc1S(=O)(=O)N1CCCC1)C(=O)O. The highest BCUT2D eigenvalue weighted by Crippen LogP contribution is 2.27. The molecule has 2 N–H and O–H groups in total. The van der Waals surface area contributed by atoms with Crippen LogP contribution in [0.15, 0.2) is 16.3 Å². The van der Waals surface area contributed by atoms with Gasteiger partial charge in [-0.1, -0.05) is 19.8 Å². The summed E-state index contributed by atoms with van der Waals surface area (Å²) in [7, 11) is -3.71. The first kappa shape index (κ1) is 18.9. The van der Waals surface area contributed by atoms with Crippen molar-refractivity contribution in [2.45, 2.75) is 50.0 Å². The van der Waals surface area contributed by atoms with Crippen LogP contribution in [0.25, 0.3) is 0 Å². The fourth-order valence-corrected chi connectivity index (χ4v) is 5.44. The Labute approximate surface area is 145 Å². The lowest BCUT2D eigenvalue weighted by atomic mass is 10.1. The summed E-state index contributed by atoms with van der Waals surface area (Å²) in [6.07, 6.45) is 3.41. The molecule has 9 heteroatoms. The van der Waals surface area contributed by atoms with Crippen LogP contribution < -0.4 is 5.32 Å². The van der Waals surface area contributed by atoms with Crippen LogP contribution in [0.1, 0.15) is 48.7 Å². The number of hydrogen-bond acceptors (Lipinski definition) is 5. The van der Waals surface area contributed by atoms with E-state index in [9.17, 15) is 23.1 Å². The molecule has 7 nitrogen and oxygen atoms in total. The minimum Gasteiger partial charge on any atom is -0.480 e. The maximum Gasteiger partial charge on any atom is 0.326 e. The molecule has 0 aromatic carbocycles. The number of thiophene rings is 1. The first-order chi connectivity index (χ1) is 11.4. The molecular formula is C15H22N2O5S2. The number of carbonyl (C=O) groups is 2. The Morgan fingerprint density at radius 1 is 1.38 bits per heavy atom. The largest absolute Gasteiger partial charge is 0.480 e. The van der Waals surface area contributed by atoms with E-state index in [-0.39, 0.29) is 9.77 Å². The molecule has 2 heterocycles. The van der Waals surface area contributed by atoms with Crippen LogP contribution in [0.3, 0.4) is 0 Å². The van der Waals surface area contributed by atoms with Gasteiger partial charge in [-0.25, -0.2) is 13.2 Å². The van der Waals surface area contributed by atoms with Gasteiger partial charge in [0, 0.05) is 13.1 Å². The van der Waals surface area contributed by atoms with Gasteiger partial charge in [-0.05, 0) is 30.7 Å². The Bertz CT molecular complexity index is 692. The number of hydrogen-bond donors (Lipinski definition) is 2. The van der Waals surface area contributed by atoms with Gasteiger partial charge in [0.1, 0.15) is 15.8 Å². The molecular weight excluding hydrogens is 352 g/mol. The normalized spacial score (nSPS) is 16.9. The predicted molar refractivity (Wildman–Crippen MR) is 90.7 cm³/mol. The average molecular weight is 374 g/mol. The standard InChI is InChI=1S/C15H22N2O5S2/c1-2-3-6-11(15(19)20)16-14(18)13-12(7-10-23-13)24(21,22)17-8-4-5-9-17/h7,10-11H,2-6,8-9H2,1H3,(H,16,18)(H,19,20). The second kappa shape index (κ2) is 8.09. The van der Waals surface area contributed by atoms with Crippen molar-refractivity contribution in [3.8, 4) is 0 Å². The third kappa shape index (κ3) is 4.14. The van der Waals surface area contributed by atoms with E-state index in [4.69, 9.17) is 0 Å². The monoisotopic (exact) mass is 374 g/mol. The summed E-state index contributed by atoms with van der Waals surface area (Å²) >= 11 is 1.01. The zero-order valence-corrected chi connectivity index (χ0v) is 15.2. The highest BCUT2D eigenvalue weighted by molar-refractivity contribution is 7.89. The Kier molecular flexibility index (Phi) is 6.36. The molecule has 0 bridgehead atoms. The molecule has 0 saturated carbocycles. The lowest BCUT2D eigenvalue weighted by molar-refractivity contribution is -0.139. The van der Waals surface area contributed by atoms with Gasteiger partial charge in [0.15, 0.2) is 0 Å². The molecule has 0 radical (unpaired) electrons. The van der Waals surface area contributed by atoms with E-state index >= 15 is 0 Å². The molecule has 2 rings (SSSR count). The van der Waals surface area contributed by atoms with E-state index in [1.54, 1.807) is 5.38 Å². The van der Waals surface area contributed by atoms with Gasteiger partial charge < -0.3 is 10.4 Å². The summed E-state index contributed by atoms with van der Waals surface area (Å²) in [4.78, 5) is 23.7. The Hall–Kier alpha value is -1.45. The maximum atomic E-state index is 12.6. The first-order valence-corrected chi connectivity index (χ1v) is 10.3. The van der Waals surface area contributed by atoms with Crippen molar-refractivity contribution >= 4 is 33.2 Å². The summed E-state index contributed by atoms with van der Waals surface area (Å²) in [6.45, 7) is 2.84. The van der Waals surface area contributed by atoms with E-state index in [2.05, 4.69) is 5.32 Å². The number of carboxylic acid groups (broad SMARTS) is 1. The zero-order chi connectivity index (χ0) is 17.7. The van der Waals surface area contributed by atoms with Crippen LogP contribution in [0.5, 0.6) is 0 Å². The van der Waals surface area contributed by atoms with Crippen LogP contribution >= 0.6 is 11.3 Å². The summed E-state index contributed by atoms with van der Waals surface area (Å²) in [5.74, 6) is -1.76. The highest BCUT2D eigenvalue weighted by atomic mass is 32.2. The number of nitrogens with one attached hydrogen (secondary N) is 1. The van der Waals surface area contributed by atoms with Gasteiger partial charge in [-0.15, -0.1) is 11.3 Å². The Balaban J connectivity index is 2.19. The van der Waals surface area contributed by atoms with E-state index in [0.29, 0.717) is 25.9 Å². The van der Waals surface area contributed by atoms with E-state index in [0.717, 1.165) is 30.6 Å². The van der Waals surface area contributed by atoms with Crippen LogP contribution in [0, 0.1) is 0 Å². The topological polar surface area (TPSA) is 104 Å². The Morgan fingerprint density at radius 3 is 2.62 bits per heavy atom. The van der Waals surface area contributed by atoms with Gasteiger partial charge >= 0.3 is 5.97 Å². The van der Waals surface area contributed by atoms with Crippen LogP contribution in [-0.2, 0) is 14.8 Å². The summed E-state index contributed by atoms with van der Waals surface area (Å²) in [5, 5.41) is 13.2. The van der Waals surface area contributed by atoms with Gasteiger partial charge in [0.25, 0.3) is 5.91 Å². The first-order valence-electron chi connectivity index (χ1n) is 7.99. The van der Waals surface area contributed by atoms with Crippen LogP contribution in [-0.4, -0.2) is 48.8 Å². The molecule has 1 fully saturated rings. The van der Waals surface area contributed by atoms with E-state index in [1.807, 2.05) is 6.92 Å². The van der Waals surface area contributed by atoms with Gasteiger partial charge in [0.2, 0.25) is 10.0 Å². The number of aliphatic carboxylic acids is 1. The molecule has 1 aliphatic rings. The average Bonchev–Trinajstić information content (AvgIpc) is 3.22. The highest BCUT2D eigenvalue weighted by Gasteiger charge is 2.32. The van der Waals surface area contributed by atoms with Crippen molar-refractivity contribution in [1.82, 2.24) is 9.62 Å². The molecule has 1 aliphatic heterocycles. The summed E-state index contributed by atoms with van der Waals surface area (Å²) in [6, 6.07) is 0.400. The number of amides is 1.